The highest BCUT2D eigenvalue weighted by molar-refractivity contribution is 7.18. The van der Waals surface area contributed by atoms with Crippen LogP contribution in [0.5, 0.6) is 0 Å². The molecule has 1 atom stereocenters. The van der Waals surface area contributed by atoms with Crippen LogP contribution in [0.4, 0.5) is 0 Å². The number of likely N-dealkylation sites (tertiary alicyclic amines) is 1. The van der Waals surface area contributed by atoms with Gasteiger partial charge in [0.1, 0.15) is 5.60 Å². The van der Waals surface area contributed by atoms with E-state index in [0.29, 0.717) is 32.5 Å². The van der Waals surface area contributed by atoms with Crippen LogP contribution in [0.2, 0.25) is 0 Å². The molecule has 1 amide bonds. The van der Waals surface area contributed by atoms with E-state index in [4.69, 9.17) is 4.74 Å². The maximum Gasteiger partial charge on any atom is 0.222 e. The first-order chi connectivity index (χ1) is 11.1. The number of aromatic nitrogens is 1. The molecule has 0 radical (unpaired) electrons. The SMILES string of the molecule is O=C(CCCc1nc2ccccc2s1)N1CC2(CC(O)CO2)C1. The Morgan fingerprint density at radius 3 is 3.00 bits per heavy atom. The van der Waals surface area contributed by atoms with Gasteiger partial charge in [-0.3, -0.25) is 4.79 Å². The van der Waals surface area contributed by atoms with Crippen molar-refractivity contribution < 1.29 is 14.6 Å². The summed E-state index contributed by atoms with van der Waals surface area (Å²) < 4.78 is 6.83. The van der Waals surface area contributed by atoms with E-state index in [1.807, 2.05) is 23.1 Å². The number of amides is 1. The molecule has 23 heavy (non-hydrogen) atoms. The summed E-state index contributed by atoms with van der Waals surface area (Å²) >= 11 is 1.71. The van der Waals surface area contributed by atoms with E-state index < -0.39 is 0 Å². The lowest BCUT2D eigenvalue weighted by molar-refractivity contribution is -0.157. The lowest BCUT2D eigenvalue weighted by atomic mass is 9.89. The fraction of sp³-hybridized carbons (Fsp3) is 0.529. The highest BCUT2D eigenvalue weighted by Gasteiger charge is 2.50. The molecule has 1 unspecified atom stereocenters. The van der Waals surface area contributed by atoms with E-state index in [2.05, 4.69) is 11.1 Å². The van der Waals surface area contributed by atoms with Crippen molar-refractivity contribution in [3.05, 3.63) is 29.3 Å². The summed E-state index contributed by atoms with van der Waals surface area (Å²) in [6, 6.07) is 8.12. The molecular weight excluding hydrogens is 312 g/mol. The third-order valence-electron chi connectivity index (χ3n) is 4.62. The Bertz CT molecular complexity index is 690. The van der Waals surface area contributed by atoms with E-state index in [1.54, 1.807) is 11.3 Å². The van der Waals surface area contributed by atoms with Crippen molar-refractivity contribution in [2.75, 3.05) is 19.7 Å². The molecule has 2 aromatic rings. The van der Waals surface area contributed by atoms with Gasteiger partial charge in [-0.05, 0) is 25.0 Å². The minimum absolute atomic E-state index is 0.182. The van der Waals surface area contributed by atoms with Gasteiger partial charge in [0.05, 0.1) is 41.0 Å². The summed E-state index contributed by atoms with van der Waals surface area (Å²) in [5.41, 5.74) is 0.780. The number of para-hydroxylation sites is 1. The zero-order chi connectivity index (χ0) is 15.9. The highest BCUT2D eigenvalue weighted by Crippen LogP contribution is 2.35. The van der Waals surface area contributed by atoms with Crippen LogP contribution in [-0.2, 0) is 16.0 Å². The van der Waals surface area contributed by atoms with Gasteiger partial charge in [0.25, 0.3) is 0 Å². The number of aryl methyl sites for hydroxylation is 1. The number of fused-ring (bicyclic) bond motifs is 1. The standard InChI is InChI=1S/C17H20N2O3S/c20-12-8-17(22-9-12)10-19(11-17)16(21)7-3-6-15-18-13-4-1-2-5-14(13)23-15/h1-2,4-5,12,20H,3,6-11H2. The second-order valence-corrected chi connectivity index (χ2v) is 7.65. The van der Waals surface area contributed by atoms with E-state index in [-0.39, 0.29) is 17.6 Å². The monoisotopic (exact) mass is 332 g/mol. The molecule has 2 fully saturated rings. The van der Waals surface area contributed by atoms with Crippen molar-refractivity contribution >= 4 is 27.5 Å². The second-order valence-electron chi connectivity index (χ2n) is 6.53. The van der Waals surface area contributed by atoms with Crippen LogP contribution in [0.25, 0.3) is 10.2 Å². The van der Waals surface area contributed by atoms with Crippen LogP contribution in [0.3, 0.4) is 0 Å². The number of aliphatic hydroxyl groups excluding tert-OH is 1. The third-order valence-corrected chi connectivity index (χ3v) is 5.72. The largest absolute Gasteiger partial charge is 0.391 e. The molecule has 2 aliphatic heterocycles. The fourth-order valence-corrected chi connectivity index (χ4v) is 4.45. The molecule has 0 bridgehead atoms. The number of hydrogen-bond donors (Lipinski definition) is 1. The lowest BCUT2D eigenvalue weighted by Gasteiger charge is -2.47. The van der Waals surface area contributed by atoms with Gasteiger partial charge in [-0.1, -0.05) is 12.1 Å². The summed E-state index contributed by atoms with van der Waals surface area (Å²) in [5, 5.41) is 10.6. The van der Waals surface area contributed by atoms with Crippen LogP contribution in [0.1, 0.15) is 24.3 Å². The summed E-state index contributed by atoms with van der Waals surface area (Å²) in [5.74, 6) is 0.182. The van der Waals surface area contributed by atoms with Gasteiger partial charge in [-0.15, -0.1) is 11.3 Å². The first-order valence-electron chi connectivity index (χ1n) is 8.08. The molecule has 122 valence electrons. The zero-order valence-corrected chi connectivity index (χ0v) is 13.7. The molecule has 6 heteroatoms. The van der Waals surface area contributed by atoms with E-state index >= 15 is 0 Å². The zero-order valence-electron chi connectivity index (χ0n) is 12.9. The minimum atomic E-state index is -0.369. The first kappa shape index (κ1) is 15.1. The Labute approximate surface area is 138 Å². The summed E-state index contributed by atoms with van der Waals surface area (Å²) in [4.78, 5) is 18.6. The molecule has 5 nitrogen and oxygen atoms in total. The van der Waals surface area contributed by atoms with Crippen molar-refractivity contribution in [1.29, 1.82) is 0 Å². The summed E-state index contributed by atoms with van der Waals surface area (Å²) in [6.07, 6.45) is 2.51. The predicted octanol–water partition coefficient (Wildman–Crippen LogP) is 1.98. The number of rotatable bonds is 4. The molecule has 0 saturated carbocycles. The molecule has 1 aromatic carbocycles. The van der Waals surface area contributed by atoms with Gasteiger partial charge in [0, 0.05) is 12.8 Å². The number of benzene rings is 1. The van der Waals surface area contributed by atoms with E-state index in [9.17, 15) is 9.90 Å². The van der Waals surface area contributed by atoms with Gasteiger partial charge in [-0.25, -0.2) is 4.98 Å². The lowest BCUT2D eigenvalue weighted by Crippen LogP contribution is -2.63. The van der Waals surface area contributed by atoms with Crippen molar-refractivity contribution in [2.24, 2.45) is 0 Å². The molecular formula is C17H20N2O3S. The van der Waals surface area contributed by atoms with Gasteiger partial charge in [0.15, 0.2) is 0 Å². The normalized spacial score (nSPS) is 22.7. The molecule has 2 aliphatic rings. The predicted molar refractivity (Wildman–Crippen MR) is 88.4 cm³/mol. The minimum Gasteiger partial charge on any atom is -0.391 e. The Morgan fingerprint density at radius 1 is 1.43 bits per heavy atom. The molecule has 2 saturated heterocycles. The van der Waals surface area contributed by atoms with Crippen molar-refractivity contribution in [3.63, 3.8) is 0 Å². The Kier molecular flexibility index (Phi) is 3.83. The number of carbonyl (C=O) groups is 1. The number of aliphatic hydroxyl groups is 1. The number of nitrogens with zero attached hydrogens (tertiary/aromatic N) is 2. The smallest absolute Gasteiger partial charge is 0.222 e. The van der Waals surface area contributed by atoms with Crippen LogP contribution < -0.4 is 0 Å². The van der Waals surface area contributed by atoms with Gasteiger partial charge in [-0.2, -0.15) is 0 Å². The van der Waals surface area contributed by atoms with Crippen LogP contribution >= 0.6 is 11.3 Å². The first-order valence-corrected chi connectivity index (χ1v) is 8.89. The highest BCUT2D eigenvalue weighted by atomic mass is 32.1. The summed E-state index contributed by atoms with van der Waals surface area (Å²) in [6.45, 7) is 1.66. The van der Waals surface area contributed by atoms with E-state index in [1.165, 1.54) is 4.70 Å². The van der Waals surface area contributed by atoms with E-state index in [0.717, 1.165) is 23.4 Å². The third kappa shape index (κ3) is 2.98. The maximum absolute atomic E-state index is 12.2. The van der Waals surface area contributed by atoms with Crippen LogP contribution in [0.15, 0.2) is 24.3 Å². The number of hydrogen-bond acceptors (Lipinski definition) is 5. The molecule has 1 spiro atoms. The van der Waals surface area contributed by atoms with Crippen LogP contribution in [0, 0.1) is 0 Å². The number of ether oxygens (including phenoxy) is 1. The molecule has 3 heterocycles. The van der Waals surface area contributed by atoms with Crippen molar-refractivity contribution in [2.45, 2.75) is 37.4 Å². The van der Waals surface area contributed by atoms with Crippen LogP contribution in [-0.4, -0.2) is 52.3 Å². The molecule has 4 rings (SSSR count). The number of carbonyl (C=O) groups excluding carboxylic acids is 1. The quantitative estimate of drug-likeness (QED) is 0.930. The Morgan fingerprint density at radius 2 is 2.26 bits per heavy atom. The average Bonchev–Trinajstić information content (AvgIpc) is 3.08. The Hall–Kier alpha value is -1.50. The van der Waals surface area contributed by atoms with Gasteiger partial charge in [0.2, 0.25) is 5.91 Å². The summed E-state index contributed by atoms with van der Waals surface area (Å²) in [7, 11) is 0. The number of thiazole rings is 1. The fourth-order valence-electron chi connectivity index (χ4n) is 3.44. The van der Waals surface area contributed by atoms with Gasteiger partial charge >= 0.3 is 0 Å². The molecule has 1 N–H and O–H groups in total. The second kappa shape index (κ2) is 5.85. The Balaban J connectivity index is 1.24. The van der Waals surface area contributed by atoms with Crippen molar-refractivity contribution in [3.8, 4) is 0 Å². The average molecular weight is 332 g/mol. The maximum atomic E-state index is 12.2. The topological polar surface area (TPSA) is 62.7 Å². The molecule has 0 aliphatic carbocycles. The van der Waals surface area contributed by atoms with Crippen molar-refractivity contribution in [1.82, 2.24) is 9.88 Å². The molecule has 1 aromatic heterocycles. The van der Waals surface area contributed by atoms with Gasteiger partial charge < -0.3 is 14.7 Å².